The summed E-state index contributed by atoms with van der Waals surface area (Å²) >= 11 is 0. The third-order valence-electron chi connectivity index (χ3n) is 6.78. The third kappa shape index (κ3) is 9.22. The summed E-state index contributed by atoms with van der Waals surface area (Å²) in [5, 5.41) is 0. The highest BCUT2D eigenvalue weighted by Crippen LogP contribution is 2.41. The Labute approximate surface area is 258 Å². The highest BCUT2D eigenvalue weighted by molar-refractivity contribution is 5.89. The van der Waals surface area contributed by atoms with Crippen LogP contribution in [0.2, 0.25) is 0 Å². The minimum absolute atomic E-state index is 0.0162. The molecule has 1 aliphatic rings. The topological polar surface area (TPSA) is 68.3 Å². The van der Waals surface area contributed by atoms with E-state index in [4.69, 9.17) is 14.2 Å². The summed E-state index contributed by atoms with van der Waals surface area (Å²) in [6.07, 6.45) is -15.9. The highest BCUT2D eigenvalue weighted by Gasteiger charge is 2.38. The van der Waals surface area contributed by atoms with E-state index in [2.05, 4.69) is 0 Å². The Bertz CT molecular complexity index is 1400. The van der Waals surface area contributed by atoms with Gasteiger partial charge >= 0.3 is 30.7 Å². The van der Waals surface area contributed by atoms with Crippen molar-refractivity contribution >= 4 is 17.9 Å². The van der Waals surface area contributed by atoms with Gasteiger partial charge in [-0.1, -0.05) is 0 Å². The summed E-state index contributed by atoms with van der Waals surface area (Å²) in [7, 11) is 0.952. The molecule has 0 aromatic heterocycles. The van der Waals surface area contributed by atoms with Gasteiger partial charge in [0.25, 0.3) is 0 Å². The van der Waals surface area contributed by atoms with Crippen molar-refractivity contribution in [1.82, 2.24) is 4.90 Å². The molecule has 3 rings (SSSR count). The van der Waals surface area contributed by atoms with Crippen molar-refractivity contribution in [1.29, 1.82) is 0 Å². The zero-order valence-corrected chi connectivity index (χ0v) is 25.1. The van der Waals surface area contributed by atoms with Crippen LogP contribution in [0.3, 0.4) is 0 Å². The van der Waals surface area contributed by atoms with Gasteiger partial charge in [0.15, 0.2) is 0 Å². The maximum atomic E-state index is 13.7. The number of hydrogen-bond donors (Lipinski definition) is 0. The number of rotatable bonds is 8. The van der Waals surface area contributed by atoms with Crippen LogP contribution in [0.1, 0.15) is 60.9 Å². The number of benzene rings is 2. The Kier molecular flexibility index (Phi) is 11.2. The van der Waals surface area contributed by atoms with Crippen LogP contribution in [-0.2, 0) is 39.3 Å². The second-order valence-corrected chi connectivity index (χ2v) is 10.6. The molecule has 1 aliphatic heterocycles. The number of hydrogen-bond acceptors (Lipinski definition) is 5. The van der Waals surface area contributed by atoms with Gasteiger partial charge in [-0.25, -0.2) is 9.59 Å². The number of carbonyl (C=O) groups excluding carboxylic acids is 2. The molecule has 0 aliphatic carbocycles. The van der Waals surface area contributed by atoms with E-state index >= 15 is 0 Å². The van der Waals surface area contributed by atoms with Gasteiger partial charge in [-0.3, -0.25) is 9.80 Å². The number of carbonyl (C=O) groups is 2. The predicted molar refractivity (Wildman–Crippen MR) is 147 cm³/mol. The molecule has 2 aromatic carbocycles. The fourth-order valence-corrected chi connectivity index (χ4v) is 4.84. The first-order valence-electron chi connectivity index (χ1n) is 13.9. The average Bonchev–Trinajstić information content (AvgIpc) is 2.94. The third-order valence-corrected chi connectivity index (χ3v) is 6.78. The van der Waals surface area contributed by atoms with Crippen LogP contribution in [0.5, 0.6) is 0 Å². The van der Waals surface area contributed by atoms with E-state index in [0.717, 1.165) is 30.2 Å². The maximum absolute atomic E-state index is 13.7. The zero-order chi connectivity index (χ0) is 34.6. The minimum Gasteiger partial charge on any atom is -0.497 e. The van der Waals surface area contributed by atoms with Crippen LogP contribution < -0.4 is 4.90 Å². The minimum atomic E-state index is -5.12. The molecule has 16 heteroatoms. The maximum Gasteiger partial charge on any atom is 0.416 e. The van der Waals surface area contributed by atoms with Crippen LogP contribution >= 0.6 is 0 Å². The number of amides is 2. The van der Waals surface area contributed by atoms with Gasteiger partial charge in [0.1, 0.15) is 5.76 Å². The summed E-state index contributed by atoms with van der Waals surface area (Å²) in [5.41, 5.74) is -4.46. The predicted octanol–water partition coefficient (Wildman–Crippen LogP) is 8.77. The zero-order valence-electron chi connectivity index (χ0n) is 25.1. The average molecular weight is 671 g/mol. The van der Waals surface area contributed by atoms with Gasteiger partial charge in [0.2, 0.25) is 0 Å². The Morgan fingerprint density at radius 1 is 0.935 bits per heavy atom. The summed E-state index contributed by atoms with van der Waals surface area (Å²) in [5.74, 6) is -0.839. The largest absolute Gasteiger partial charge is 0.497 e. The summed E-state index contributed by atoms with van der Waals surface area (Å²) < 4.78 is 137. The summed E-state index contributed by atoms with van der Waals surface area (Å²) in [6, 6.07) is 3.70. The highest BCUT2D eigenvalue weighted by atomic mass is 19.4. The Balaban J connectivity index is 2.05. The van der Waals surface area contributed by atoms with Crippen LogP contribution in [0.25, 0.3) is 0 Å². The molecule has 0 fully saturated rings. The van der Waals surface area contributed by atoms with Gasteiger partial charge in [-0.15, -0.1) is 0 Å². The molecule has 1 heterocycles. The van der Waals surface area contributed by atoms with E-state index in [1.807, 2.05) is 0 Å². The molecule has 1 unspecified atom stereocenters. The van der Waals surface area contributed by atoms with Gasteiger partial charge in [-0.05, 0) is 80.8 Å². The van der Waals surface area contributed by atoms with Crippen molar-refractivity contribution in [3.05, 3.63) is 76.1 Å². The number of alkyl halides is 9. The van der Waals surface area contributed by atoms with Gasteiger partial charge in [0.05, 0.1) is 48.7 Å². The smallest absolute Gasteiger partial charge is 0.416 e. The molecule has 1 atom stereocenters. The summed E-state index contributed by atoms with van der Waals surface area (Å²) in [4.78, 5) is 27.4. The Morgan fingerprint density at radius 2 is 1.52 bits per heavy atom. The number of methoxy groups -OCH3 is 1. The molecule has 2 amide bonds. The molecule has 0 spiro atoms. The van der Waals surface area contributed by atoms with Crippen LogP contribution in [0.4, 0.5) is 54.8 Å². The first-order valence-corrected chi connectivity index (χ1v) is 13.9. The molecule has 46 heavy (non-hydrogen) atoms. The van der Waals surface area contributed by atoms with Gasteiger partial charge < -0.3 is 14.2 Å². The fraction of sp³-hybridized carbons (Fsp3) is 0.467. The van der Waals surface area contributed by atoms with E-state index in [1.54, 1.807) is 20.8 Å². The molecular weight excluding hydrogens is 639 g/mol. The lowest BCUT2D eigenvalue weighted by Gasteiger charge is -2.34. The van der Waals surface area contributed by atoms with Crippen molar-refractivity contribution in [2.45, 2.75) is 64.3 Å². The lowest BCUT2D eigenvalue weighted by atomic mass is 9.88. The molecule has 0 radical (unpaired) electrons. The first kappa shape index (κ1) is 36.4. The molecule has 7 nitrogen and oxygen atoms in total. The number of halogens is 9. The molecule has 0 saturated carbocycles. The first-order chi connectivity index (χ1) is 21.2. The lowest BCUT2D eigenvalue weighted by molar-refractivity contribution is -0.143. The van der Waals surface area contributed by atoms with E-state index < -0.39 is 78.1 Å². The monoisotopic (exact) mass is 670 g/mol. The normalized spacial score (nSPS) is 15.8. The quantitative estimate of drug-likeness (QED) is 0.208. The van der Waals surface area contributed by atoms with Crippen molar-refractivity contribution in [3.63, 3.8) is 0 Å². The molecule has 2 aromatic rings. The van der Waals surface area contributed by atoms with E-state index in [0.29, 0.717) is 12.1 Å². The number of allylic oxidation sites excluding steroid dienone is 1. The van der Waals surface area contributed by atoms with Gasteiger partial charge in [0, 0.05) is 19.0 Å². The Morgan fingerprint density at radius 3 is 2.02 bits per heavy atom. The SMILES string of the molecule is CCOC(=CC1CCN(C(=O)OC(C)C)c2ccc(C(F)(F)F)cc21)CN(Cc1cc(C(F)(F)F)cc(C(F)(F)F)c1)C(=O)OC. The van der Waals surface area contributed by atoms with E-state index in [1.165, 1.54) is 11.0 Å². The number of ether oxygens (including phenoxy) is 3. The van der Waals surface area contributed by atoms with Gasteiger partial charge in [-0.2, -0.15) is 39.5 Å². The number of fused-ring (bicyclic) bond motifs is 1. The standard InChI is InChI=1S/C30H31F9N2O5/c1-5-45-23(16-40(26(42)44-4)15-18-10-21(29(34,35)36)13-22(11-18)30(37,38)39)12-19-8-9-41(27(43)46-17(2)3)25-7-6-20(14-24(19)25)28(31,32)33/h6-7,10-14,17,19H,5,8-9,15-16H2,1-4H3. The van der Waals surface area contributed by atoms with Crippen molar-refractivity contribution in [3.8, 4) is 0 Å². The molecular formula is C30H31F9N2O5. The fourth-order valence-electron chi connectivity index (χ4n) is 4.84. The number of anilines is 1. The second-order valence-electron chi connectivity index (χ2n) is 10.6. The van der Waals surface area contributed by atoms with Crippen LogP contribution in [0, 0.1) is 0 Å². The molecule has 254 valence electrons. The van der Waals surface area contributed by atoms with Crippen molar-refractivity contribution < 1.29 is 63.3 Å². The second kappa shape index (κ2) is 14.1. The van der Waals surface area contributed by atoms with Crippen molar-refractivity contribution in [2.24, 2.45) is 0 Å². The van der Waals surface area contributed by atoms with E-state index in [-0.39, 0.29) is 42.6 Å². The van der Waals surface area contributed by atoms with Crippen LogP contribution in [0.15, 0.2) is 48.2 Å². The molecule has 0 bridgehead atoms. The van der Waals surface area contributed by atoms with Crippen LogP contribution in [-0.4, -0.2) is 50.0 Å². The lowest BCUT2D eigenvalue weighted by Crippen LogP contribution is -2.38. The molecule has 0 saturated heterocycles. The van der Waals surface area contributed by atoms with E-state index in [9.17, 15) is 49.1 Å². The summed E-state index contributed by atoms with van der Waals surface area (Å²) in [6.45, 7) is 3.48. The van der Waals surface area contributed by atoms with Crippen molar-refractivity contribution in [2.75, 3.05) is 31.7 Å². The number of nitrogens with zero attached hydrogens (tertiary/aromatic N) is 2. The Hall–Kier alpha value is -4.11. The molecule has 0 N–H and O–H groups in total.